The Kier molecular flexibility index (Phi) is 6.03. The van der Waals surface area contributed by atoms with E-state index in [1.165, 1.54) is 6.92 Å². The van der Waals surface area contributed by atoms with Gasteiger partial charge in [0.25, 0.3) is 0 Å². The summed E-state index contributed by atoms with van der Waals surface area (Å²) in [7, 11) is 0. The van der Waals surface area contributed by atoms with Gasteiger partial charge in [0.15, 0.2) is 0 Å². The van der Waals surface area contributed by atoms with Crippen LogP contribution < -0.4 is 15.4 Å². The number of amides is 2. The van der Waals surface area contributed by atoms with Gasteiger partial charge < -0.3 is 15.4 Å². The molecule has 20 heavy (non-hydrogen) atoms. The van der Waals surface area contributed by atoms with Crippen molar-refractivity contribution in [3.8, 4) is 5.75 Å². The van der Waals surface area contributed by atoms with Gasteiger partial charge in [-0.05, 0) is 37.1 Å². The average Bonchev–Trinajstić information content (AvgIpc) is 2.38. The molecule has 5 heteroatoms. The van der Waals surface area contributed by atoms with Crippen molar-refractivity contribution < 1.29 is 14.3 Å². The molecule has 1 atom stereocenters. The van der Waals surface area contributed by atoms with E-state index in [0.717, 1.165) is 5.75 Å². The Hall–Kier alpha value is -2.04. The molecule has 0 aliphatic rings. The normalized spacial score (nSPS) is 11.8. The Balaban J connectivity index is 2.69. The van der Waals surface area contributed by atoms with E-state index < -0.39 is 6.04 Å². The minimum Gasteiger partial charge on any atom is -0.494 e. The molecule has 110 valence electrons. The highest BCUT2D eigenvalue weighted by atomic mass is 16.5. The summed E-state index contributed by atoms with van der Waals surface area (Å²) in [6, 6.07) is 6.59. The number of anilines is 1. The Bertz CT molecular complexity index is 455. The fourth-order valence-electron chi connectivity index (χ4n) is 1.78. The Morgan fingerprint density at radius 2 is 1.80 bits per heavy atom. The molecule has 0 spiro atoms. The fourth-order valence-corrected chi connectivity index (χ4v) is 1.78. The molecule has 0 aromatic heterocycles. The second-order valence-corrected chi connectivity index (χ2v) is 4.87. The topological polar surface area (TPSA) is 67.4 Å². The minimum atomic E-state index is -0.543. The van der Waals surface area contributed by atoms with Gasteiger partial charge in [0.1, 0.15) is 11.8 Å². The molecule has 5 nitrogen and oxygen atoms in total. The van der Waals surface area contributed by atoms with E-state index in [1.807, 2.05) is 20.8 Å². The van der Waals surface area contributed by atoms with E-state index in [2.05, 4.69) is 10.6 Å². The second kappa shape index (κ2) is 7.53. The third-order valence-corrected chi connectivity index (χ3v) is 2.74. The van der Waals surface area contributed by atoms with Crippen LogP contribution in [0, 0.1) is 5.92 Å². The third kappa shape index (κ3) is 4.91. The van der Waals surface area contributed by atoms with Crippen molar-refractivity contribution in [2.24, 2.45) is 5.92 Å². The van der Waals surface area contributed by atoms with Gasteiger partial charge in [0, 0.05) is 12.6 Å². The number of hydrogen-bond donors (Lipinski definition) is 2. The van der Waals surface area contributed by atoms with E-state index in [1.54, 1.807) is 24.3 Å². The average molecular weight is 278 g/mol. The largest absolute Gasteiger partial charge is 0.494 e. The molecule has 1 aromatic rings. The lowest BCUT2D eigenvalue weighted by molar-refractivity contribution is -0.126. The van der Waals surface area contributed by atoms with Gasteiger partial charge in [-0.2, -0.15) is 0 Å². The maximum atomic E-state index is 12.1. The van der Waals surface area contributed by atoms with Crippen molar-refractivity contribution in [2.75, 3.05) is 11.9 Å². The van der Waals surface area contributed by atoms with Gasteiger partial charge in [-0.15, -0.1) is 0 Å². The molecule has 0 bridgehead atoms. The van der Waals surface area contributed by atoms with Crippen LogP contribution in [0.25, 0.3) is 0 Å². The number of carbonyl (C=O) groups is 2. The first-order valence-electron chi connectivity index (χ1n) is 6.74. The predicted octanol–water partition coefficient (Wildman–Crippen LogP) is 2.18. The highest BCUT2D eigenvalue weighted by Crippen LogP contribution is 2.16. The summed E-state index contributed by atoms with van der Waals surface area (Å²) in [6.45, 7) is 7.69. The molecule has 0 saturated carbocycles. The molecule has 2 N–H and O–H groups in total. The number of hydrogen-bond acceptors (Lipinski definition) is 3. The van der Waals surface area contributed by atoms with Crippen molar-refractivity contribution in [3.05, 3.63) is 24.3 Å². The van der Waals surface area contributed by atoms with Crippen LogP contribution in [0.3, 0.4) is 0 Å². The van der Waals surface area contributed by atoms with E-state index in [9.17, 15) is 9.59 Å². The van der Waals surface area contributed by atoms with Crippen LogP contribution in [0.15, 0.2) is 24.3 Å². The third-order valence-electron chi connectivity index (χ3n) is 2.74. The molecule has 0 saturated heterocycles. The number of benzene rings is 1. The molecule has 1 rings (SSSR count). The maximum absolute atomic E-state index is 12.1. The summed E-state index contributed by atoms with van der Waals surface area (Å²) in [5.74, 6) is 0.333. The highest BCUT2D eigenvalue weighted by Gasteiger charge is 2.22. The Morgan fingerprint density at radius 1 is 1.20 bits per heavy atom. The summed E-state index contributed by atoms with van der Waals surface area (Å²) in [5.41, 5.74) is 0.675. The predicted molar refractivity (Wildman–Crippen MR) is 78.7 cm³/mol. The standard InChI is InChI=1S/C15H22N2O3/c1-5-20-13-8-6-12(7-9-13)17-15(19)14(10(2)3)16-11(4)18/h6-10,14H,5H2,1-4H3,(H,16,18)(H,17,19). The van der Waals surface area contributed by atoms with Crippen molar-refractivity contribution >= 4 is 17.5 Å². The van der Waals surface area contributed by atoms with E-state index in [4.69, 9.17) is 4.74 Å². The monoisotopic (exact) mass is 278 g/mol. The Labute approximate surface area is 119 Å². The van der Waals surface area contributed by atoms with Crippen LogP contribution in [0.1, 0.15) is 27.7 Å². The van der Waals surface area contributed by atoms with Gasteiger partial charge in [-0.25, -0.2) is 0 Å². The van der Waals surface area contributed by atoms with Crippen molar-refractivity contribution in [2.45, 2.75) is 33.7 Å². The Morgan fingerprint density at radius 3 is 2.25 bits per heavy atom. The first-order chi connectivity index (χ1) is 9.43. The lowest BCUT2D eigenvalue weighted by Crippen LogP contribution is -2.46. The van der Waals surface area contributed by atoms with Crippen LogP contribution in [-0.4, -0.2) is 24.5 Å². The number of carbonyl (C=O) groups excluding carboxylic acids is 2. The summed E-state index contributed by atoms with van der Waals surface area (Å²) < 4.78 is 5.33. The molecule has 0 fully saturated rings. The van der Waals surface area contributed by atoms with Crippen LogP contribution in [-0.2, 0) is 9.59 Å². The molecule has 0 radical (unpaired) electrons. The lowest BCUT2D eigenvalue weighted by Gasteiger charge is -2.21. The molecule has 1 aromatic carbocycles. The first-order valence-corrected chi connectivity index (χ1v) is 6.74. The molecule has 2 amide bonds. The second-order valence-electron chi connectivity index (χ2n) is 4.87. The zero-order valence-electron chi connectivity index (χ0n) is 12.4. The van der Waals surface area contributed by atoms with Gasteiger partial charge in [0.05, 0.1) is 6.61 Å². The SMILES string of the molecule is CCOc1ccc(NC(=O)C(NC(C)=O)C(C)C)cc1. The molecule has 0 heterocycles. The summed E-state index contributed by atoms with van der Waals surface area (Å²) in [5, 5.41) is 5.44. The van der Waals surface area contributed by atoms with Gasteiger partial charge >= 0.3 is 0 Å². The van der Waals surface area contributed by atoms with Crippen molar-refractivity contribution in [1.82, 2.24) is 5.32 Å². The smallest absolute Gasteiger partial charge is 0.247 e. The zero-order chi connectivity index (χ0) is 15.1. The van der Waals surface area contributed by atoms with Crippen LogP contribution in [0.5, 0.6) is 5.75 Å². The van der Waals surface area contributed by atoms with Gasteiger partial charge in [-0.3, -0.25) is 9.59 Å². The number of ether oxygens (including phenoxy) is 1. The quantitative estimate of drug-likeness (QED) is 0.838. The van der Waals surface area contributed by atoms with Crippen LogP contribution >= 0.6 is 0 Å². The summed E-state index contributed by atoms with van der Waals surface area (Å²) >= 11 is 0. The zero-order valence-corrected chi connectivity index (χ0v) is 12.4. The summed E-state index contributed by atoms with van der Waals surface area (Å²) in [6.07, 6.45) is 0. The fraction of sp³-hybridized carbons (Fsp3) is 0.467. The first kappa shape index (κ1) is 16.0. The van der Waals surface area contributed by atoms with Gasteiger partial charge in [0.2, 0.25) is 11.8 Å². The van der Waals surface area contributed by atoms with Gasteiger partial charge in [-0.1, -0.05) is 13.8 Å². The molecular weight excluding hydrogens is 256 g/mol. The van der Waals surface area contributed by atoms with E-state index in [-0.39, 0.29) is 17.7 Å². The molecule has 0 aliphatic carbocycles. The highest BCUT2D eigenvalue weighted by molar-refractivity contribution is 5.97. The van der Waals surface area contributed by atoms with E-state index in [0.29, 0.717) is 12.3 Å². The van der Waals surface area contributed by atoms with Crippen molar-refractivity contribution in [1.29, 1.82) is 0 Å². The van der Waals surface area contributed by atoms with Crippen molar-refractivity contribution in [3.63, 3.8) is 0 Å². The lowest BCUT2D eigenvalue weighted by atomic mass is 10.0. The van der Waals surface area contributed by atoms with E-state index >= 15 is 0 Å². The van der Waals surface area contributed by atoms with Crippen LogP contribution in [0.2, 0.25) is 0 Å². The molecular formula is C15H22N2O3. The molecule has 1 unspecified atom stereocenters. The molecule has 0 aliphatic heterocycles. The van der Waals surface area contributed by atoms with Crippen LogP contribution in [0.4, 0.5) is 5.69 Å². The maximum Gasteiger partial charge on any atom is 0.247 e. The minimum absolute atomic E-state index is 0.0154. The number of rotatable bonds is 6. The summed E-state index contributed by atoms with van der Waals surface area (Å²) in [4.78, 5) is 23.3. The number of nitrogens with one attached hydrogen (secondary N) is 2.